The molecule has 2 unspecified atom stereocenters. The van der Waals surface area contributed by atoms with Crippen molar-refractivity contribution in [2.75, 3.05) is 18.5 Å². The fraction of sp³-hybridized carbons (Fsp3) is 0.450. The first-order chi connectivity index (χ1) is 12.8. The van der Waals surface area contributed by atoms with E-state index in [0.717, 1.165) is 17.1 Å². The topological polar surface area (TPSA) is 59.5 Å². The molecule has 27 heavy (non-hydrogen) atoms. The smallest absolute Gasteiger partial charge is 0.302 e. The molecule has 0 bridgehead atoms. The number of nitrogens with zero attached hydrogens (tertiary/aromatic N) is 5. The number of amides is 3. The van der Waals surface area contributed by atoms with Crippen molar-refractivity contribution in [1.82, 2.24) is 14.7 Å². The molecular formula is C20H25N5O2. The lowest BCUT2D eigenvalue weighted by Gasteiger charge is -2.41. The van der Waals surface area contributed by atoms with Crippen molar-refractivity contribution in [3.8, 4) is 0 Å². The minimum Gasteiger partial charge on any atom is -0.302 e. The summed E-state index contributed by atoms with van der Waals surface area (Å²) in [5.74, 6) is 0.755. The molecule has 1 aromatic carbocycles. The van der Waals surface area contributed by atoms with Crippen LogP contribution in [0.3, 0.4) is 0 Å². The second-order valence-electron chi connectivity index (χ2n) is 7.74. The predicted octanol–water partition coefficient (Wildman–Crippen LogP) is 2.67. The van der Waals surface area contributed by atoms with Crippen molar-refractivity contribution in [2.24, 2.45) is 10.9 Å². The zero-order valence-corrected chi connectivity index (χ0v) is 16.4. The van der Waals surface area contributed by atoms with E-state index in [-0.39, 0.29) is 17.9 Å². The third-order valence-corrected chi connectivity index (χ3v) is 5.45. The Labute approximate surface area is 159 Å². The quantitative estimate of drug-likeness (QED) is 0.824. The van der Waals surface area contributed by atoms with Crippen molar-refractivity contribution >= 4 is 23.6 Å². The van der Waals surface area contributed by atoms with E-state index in [1.807, 2.05) is 62.9 Å². The number of carbonyl (C=O) groups is 2. The number of hydrogen-bond acceptors (Lipinski definition) is 5. The third-order valence-electron chi connectivity index (χ3n) is 5.45. The summed E-state index contributed by atoms with van der Waals surface area (Å²) in [7, 11) is 1.73. The summed E-state index contributed by atoms with van der Waals surface area (Å²) >= 11 is 0. The number of urea groups is 1. The molecule has 7 heteroatoms. The first kappa shape index (κ1) is 17.6. The lowest BCUT2D eigenvalue weighted by atomic mass is 10.1. The van der Waals surface area contributed by atoms with E-state index in [2.05, 4.69) is 4.90 Å². The van der Waals surface area contributed by atoms with Gasteiger partial charge >= 0.3 is 6.03 Å². The molecule has 0 aliphatic carbocycles. The standard InChI is InChI=1S/C20H25N5O2/c1-12(2)11-23-18(26)16-17(22(5)20(23)27)21-19-24(13(3)14(4)25(16)19)15-9-7-6-8-10-15/h6-10,12,16-17H,11H2,1-5H3. The maximum Gasteiger partial charge on any atom is 0.328 e. The number of para-hydroxylation sites is 1. The number of allylic oxidation sites excluding steroid dienone is 2. The monoisotopic (exact) mass is 367 g/mol. The minimum absolute atomic E-state index is 0.169. The Morgan fingerprint density at radius 2 is 1.74 bits per heavy atom. The van der Waals surface area contributed by atoms with Gasteiger partial charge in [0.1, 0.15) is 0 Å². The zero-order valence-electron chi connectivity index (χ0n) is 16.4. The molecule has 3 amide bonds. The number of carbonyl (C=O) groups excluding carboxylic acids is 2. The van der Waals surface area contributed by atoms with Crippen LogP contribution in [0.1, 0.15) is 27.7 Å². The maximum atomic E-state index is 13.3. The summed E-state index contributed by atoms with van der Waals surface area (Å²) in [6, 6.07) is 9.19. The highest BCUT2D eigenvalue weighted by Crippen LogP contribution is 2.39. The Morgan fingerprint density at radius 1 is 1.07 bits per heavy atom. The second-order valence-corrected chi connectivity index (χ2v) is 7.74. The Balaban J connectivity index is 1.76. The van der Waals surface area contributed by atoms with E-state index in [1.165, 1.54) is 4.90 Å². The molecule has 3 aliphatic rings. The second kappa shape index (κ2) is 6.11. The summed E-state index contributed by atoms with van der Waals surface area (Å²) in [5, 5.41) is 0. The molecule has 0 radical (unpaired) electrons. The van der Waals surface area contributed by atoms with E-state index < -0.39 is 12.2 Å². The van der Waals surface area contributed by atoms with Gasteiger partial charge in [-0.1, -0.05) is 32.0 Å². The van der Waals surface area contributed by atoms with E-state index in [9.17, 15) is 9.59 Å². The number of anilines is 1. The number of imide groups is 1. The van der Waals surface area contributed by atoms with Gasteiger partial charge in [0, 0.05) is 30.7 Å². The summed E-state index contributed by atoms with van der Waals surface area (Å²) in [6.45, 7) is 8.47. The fourth-order valence-corrected chi connectivity index (χ4v) is 4.03. The maximum absolute atomic E-state index is 13.3. The Hall–Kier alpha value is -2.83. The van der Waals surface area contributed by atoms with Crippen molar-refractivity contribution in [3.05, 3.63) is 41.7 Å². The van der Waals surface area contributed by atoms with Crippen LogP contribution in [0.4, 0.5) is 10.5 Å². The largest absolute Gasteiger partial charge is 0.328 e. The van der Waals surface area contributed by atoms with Gasteiger partial charge in [0.05, 0.1) is 0 Å². The first-order valence-corrected chi connectivity index (χ1v) is 9.30. The molecule has 0 aromatic heterocycles. The average Bonchev–Trinajstić information content (AvgIpc) is 3.14. The summed E-state index contributed by atoms with van der Waals surface area (Å²) in [6.07, 6.45) is -0.502. The first-order valence-electron chi connectivity index (χ1n) is 9.30. The molecular weight excluding hydrogens is 342 g/mol. The van der Waals surface area contributed by atoms with E-state index in [4.69, 9.17) is 4.99 Å². The molecule has 1 aromatic rings. The summed E-state index contributed by atoms with van der Waals surface area (Å²) in [4.78, 5) is 37.8. The van der Waals surface area contributed by atoms with E-state index in [0.29, 0.717) is 12.5 Å². The normalized spacial score (nSPS) is 24.9. The molecule has 7 nitrogen and oxygen atoms in total. The van der Waals surface area contributed by atoms with Crippen LogP contribution in [0.15, 0.2) is 46.7 Å². The van der Waals surface area contributed by atoms with Crippen LogP contribution in [0.5, 0.6) is 0 Å². The Morgan fingerprint density at radius 3 is 2.37 bits per heavy atom. The van der Waals surface area contributed by atoms with Crippen LogP contribution < -0.4 is 4.90 Å². The van der Waals surface area contributed by atoms with Crippen LogP contribution in [-0.2, 0) is 4.79 Å². The number of benzene rings is 1. The number of hydrogen-bond donors (Lipinski definition) is 0. The molecule has 3 heterocycles. The number of rotatable bonds is 3. The van der Waals surface area contributed by atoms with Gasteiger partial charge < -0.3 is 4.90 Å². The van der Waals surface area contributed by atoms with Crippen molar-refractivity contribution in [1.29, 1.82) is 0 Å². The minimum atomic E-state index is -0.509. The van der Waals surface area contributed by atoms with Crippen LogP contribution >= 0.6 is 0 Å². The fourth-order valence-electron chi connectivity index (χ4n) is 4.03. The highest BCUT2D eigenvalue weighted by atomic mass is 16.2. The Bertz CT molecular complexity index is 860. The lowest BCUT2D eigenvalue weighted by molar-refractivity contribution is -0.137. The van der Waals surface area contributed by atoms with Crippen LogP contribution in [0.25, 0.3) is 0 Å². The summed E-state index contributed by atoms with van der Waals surface area (Å²) in [5.41, 5.74) is 3.03. The van der Waals surface area contributed by atoms with Crippen molar-refractivity contribution in [2.45, 2.75) is 39.9 Å². The van der Waals surface area contributed by atoms with Gasteiger partial charge in [-0.3, -0.25) is 19.5 Å². The molecule has 1 fully saturated rings. The highest BCUT2D eigenvalue weighted by Gasteiger charge is 2.55. The number of fused-ring (bicyclic) bond motifs is 3. The molecule has 1 saturated heterocycles. The number of aliphatic imine (C=N–C) groups is 1. The predicted molar refractivity (Wildman–Crippen MR) is 104 cm³/mol. The van der Waals surface area contributed by atoms with Crippen molar-refractivity contribution < 1.29 is 9.59 Å². The van der Waals surface area contributed by atoms with Crippen LogP contribution in [0.2, 0.25) is 0 Å². The summed E-state index contributed by atoms with van der Waals surface area (Å²) < 4.78 is 0. The molecule has 4 rings (SSSR count). The van der Waals surface area contributed by atoms with Crippen LogP contribution in [-0.4, -0.2) is 58.4 Å². The van der Waals surface area contributed by atoms with E-state index >= 15 is 0 Å². The highest BCUT2D eigenvalue weighted by molar-refractivity contribution is 6.10. The van der Waals surface area contributed by atoms with Gasteiger partial charge in [-0.05, 0) is 31.9 Å². The molecule has 0 spiro atoms. The molecule has 2 atom stereocenters. The molecule has 0 N–H and O–H groups in total. The van der Waals surface area contributed by atoms with Gasteiger partial charge in [0.2, 0.25) is 5.96 Å². The zero-order chi connectivity index (χ0) is 19.5. The van der Waals surface area contributed by atoms with Gasteiger partial charge in [-0.15, -0.1) is 0 Å². The average molecular weight is 367 g/mol. The molecule has 142 valence electrons. The van der Waals surface area contributed by atoms with Crippen LogP contribution in [0, 0.1) is 5.92 Å². The van der Waals surface area contributed by atoms with Crippen molar-refractivity contribution in [3.63, 3.8) is 0 Å². The third kappa shape index (κ3) is 2.44. The van der Waals surface area contributed by atoms with E-state index in [1.54, 1.807) is 11.9 Å². The molecule has 3 aliphatic heterocycles. The van der Waals surface area contributed by atoms with Gasteiger partial charge in [-0.2, -0.15) is 0 Å². The number of likely N-dealkylation sites (N-methyl/N-ethyl adjacent to an activating group) is 1. The van der Waals surface area contributed by atoms with Gasteiger partial charge in [0.15, 0.2) is 12.2 Å². The van der Waals surface area contributed by atoms with Gasteiger partial charge in [0.25, 0.3) is 5.91 Å². The SMILES string of the molecule is CC1=C(C)N2C(=NC3C2C(=O)N(CC(C)C)C(=O)N3C)N1c1ccccc1. The Kier molecular flexibility index (Phi) is 3.98. The lowest BCUT2D eigenvalue weighted by Crippen LogP contribution is -2.65. The number of guanidine groups is 1. The molecule has 0 saturated carbocycles. The van der Waals surface area contributed by atoms with Gasteiger partial charge in [-0.25, -0.2) is 9.79 Å².